The molecule has 1 unspecified atom stereocenters. The van der Waals surface area contributed by atoms with Crippen molar-refractivity contribution in [2.75, 3.05) is 45.2 Å². The Hall–Kier alpha value is -3.57. The average Bonchev–Trinajstić information content (AvgIpc) is 3.80. The molecule has 2 aromatic rings. The quantitative estimate of drug-likeness (QED) is 0.308. The summed E-state index contributed by atoms with van der Waals surface area (Å²) in [4.78, 5) is 42.9. The number of hydrogen-bond acceptors (Lipinski definition) is 9. The van der Waals surface area contributed by atoms with Crippen molar-refractivity contribution in [3.05, 3.63) is 53.5 Å². The first kappa shape index (κ1) is 27.0. The highest BCUT2D eigenvalue weighted by Gasteiger charge is 2.36. The molecule has 1 saturated carbocycles. The topological polar surface area (TPSA) is 132 Å². The van der Waals surface area contributed by atoms with Gasteiger partial charge in [-0.3, -0.25) is 14.5 Å². The van der Waals surface area contributed by atoms with Crippen molar-refractivity contribution >= 4 is 23.3 Å². The molecule has 3 N–H and O–H groups in total. The molecule has 0 radical (unpaired) electrons. The first-order chi connectivity index (χ1) is 19.0. The van der Waals surface area contributed by atoms with E-state index in [4.69, 9.17) is 4.84 Å². The first-order valence-electron chi connectivity index (χ1n) is 13.7. The fourth-order valence-electron chi connectivity index (χ4n) is 5.28. The second kappa shape index (κ2) is 12.5. The zero-order valence-corrected chi connectivity index (χ0v) is 22.4. The zero-order valence-electron chi connectivity index (χ0n) is 22.4. The van der Waals surface area contributed by atoms with Gasteiger partial charge in [0.15, 0.2) is 0 Å². The molecular formula is C28H37N7O4. The van der Waals surface area contributed by atoms with E-state index < -0.39 is 6.10 Å². The molecule has 1 atom stereocenters. The van der Waals surface area contributed by atoms with Crippen LogP contribution in [0.2, 0.25) is 0 Å². The van der Waals surface area contributed by atoms with E-state index in [2.05, 4.69) is 48.9 Å². The number of β-amino-alcohol motifs (C(OH)–C–C–N with tert-alkyl or cyclic N) is 1. The lowest BCUT2D eigenvalue weighted by atomic mass is 10.00. The molecule has 1 saturated heterocycles. The number of hydrogen-bond donors (Lipinski definition) is 3. The van der Waals surface area contributed by atoms with Gasteiger partial charge in [0.05, 0.1) is 6.10 Å². The number of amides is 2. The van der Waals surface area contributed by atoms with Crippen molar-refractivity contribution in [1.82, 2.24) is 25.1 Å². The molecule has 5 rings (SSSR count). The number of carbonyl (C=O) groups excluding carboxylic acids is 2. The molecule has 2 aliphatic heterocycles. The zero-order chi connectivity index (χ0) is 27.2. The van der Waals surface area contributed by atoms with Gasteiger partial charge in [-0.15, -0.1) is 0 Å². The minimum atomic E-state index is -0.680. The maximum absolute atomic E-state index is 12.8. The summed E-state index contributed by atoms with van der Waals surface area (Å²) in [5.41, 5.74) is 3.43. The molecule has 11 heteroatoms. The molecule has 0 bridgehead atoms. The minimum absolute atomic E-state index is 0.0360. The summed E-state index contributed by atoms with van der Waals surface area (Å²) in [5.74, 6) is 0.398. The number of aromatic nitrogens is 2. The van der Waals surface area contributed by atoms with Gasteiger partial charge in [0.1, 0.15) is 30.7 Å². The fraction of sp³-hybridized carbons (Fsp3) is 0.536. The van der Waals surface area contributed by atoms with E-state index in [9.17, 15) is 14.7 Å². The molecule has 39 heavy (non-hydrogen) atoms. The third-order valence-electron chi connectivity index (χ3n) is 7.58. The van der Waals surface area contributed by atoms with Gasteiger partial charge in [-0.25, -0.2) is 9.97 Å². The summed E-state index contributed by atoms with van der Waals surface area (Å²) in [7, 11) is 1.47. The largest absolute Gasteiger partial charge is 0.399 e. The SMILES string of the molecule is CO/N=C(\C(=O)N1CCC(Nc2cc(C(=O)NCC(O)CN3CCc4ccccc4C3)ncn2)CC1)C1CC1. The van der Waals surface area contributed by atoms with Gasteiger partial charge in [-0.1, -0.05) is 29.4 Å². The molecule has 1 aliphatic carbocycles. The summed E-state index contributed by atoms with van der Waals surface area (Å²) < 4.78 is 0. The number of anilines is 1. The predicted octanol–water partition coefficient (Wildman–Crippen LogP) is 1.44. The summed E-state index contributed by atoms with van der Waals surface area (Å²) >= 11 is 0. The number of rotatable bonds is 10. The first-order valence-corrected chi connectivity index (χ1v) is 13.7. The molecule has 208 valence electrons. The Morgan fingerprint density at radius 3 is 2.64 bits per heavy atom. The molecule has 11 nitrogen and oxygen atoms in total. The minimum Gasteiger partial charge on any atom is -0.399 e. The predicted molar refractivity (Wildman–Crippen MR) is 146 cm³/mol. The molecule has 3 heterocycles. The van der Waals surface area contributed by atoms with Crippen LogP contribution in [0.4, 0.5) is 5.82 Å². The maximum Gasteiger partial charge on any atom is 0.271 e. The molecule has 1 aromatic carbocycles. The number of nitrogens with zero attached hydrogens (tertiary/aromatic N) is 5. The van der Waals surface area contributed by atoms with E-state index >= 15 is 0 Å². The van der Waals surface area contributed by atoms with E-state index in [1.54, 1.807) is 6.07 Å². The number of likely N-dealkylation sites (tertiary alicyclic amines) is 1. The maximum atomic E-state index is 12.8. The van der Waals surface area contributed by atoms with E-state index in [0.29, 0.717) is 31.2 Å². The van der Waals surface area contributed by atoms with Crippen molar-refractivity contribution < 1.29 is 19.5 Å². The van der Waals surface area contributed by atoms with Crippen LogP contribution in [0.25, 0.3) is 0 Å². The Bertz CT molecular complexity index is 1190. The monoisotopic (exact) mass is 535 g/mol. The fourth-order valence-corrected chi connectivity index (χ4v) is 5.28. The summed E-state index contributed by atoms with van der Waals surface area (Å²) in [5, 5.41) is 20.7. The van der Waals surface area contributed by atoms with Gasteiger partial charge >= 0.3 is 0 Å². The van der Waals surface area contributed by atoms with Crippen LogP contribution in [0.5, 0.6) is 0 Å². The molecular weight excluding hydrogens is 498 g/mol. The van der Waals surface area contributed by atoms with Crippen LogP contribution in [0.1, 0.15) is 47.3 Å². The normalized spacial score (nSPS) is 19.2. The van der Waals surface area contributed by atoms with Gasteiger partial charge in [-0.05, 0) is 43.2 Å². The second-order valence-corrected chi connectivity index (χ2v) is 10.6. The van der Waals surface area contributed by atoms with Gasteiger partial charge < -0.3 is 25.5 Å². The molecule has 2 amide bonds. The Morgan fingerprint density at radius 1 is 1.13 bits per heavy atom. The van der Waals surface area contributed by atoms with Crippen molar-refractivity contribution in [3.8, 4) is 0 Å². The number of fused-ring (bicyclic) bond motifs is 1. The second-order valence-electron chi connectivity index (χ2n) is 10.6. The van der Waals surface area contributed by atoms with Crippen LogP contribution in [-0.2, 0) is 22.6 Å². The Morgan fingerprint density at radius 2 is 1.90 bits per heavy atom. The number of benzene rings is 1. The van der Waals surface area contributed by atoms with Gasteiger partial charge in [0.2, 0.25) is 0 Å². The number of aliphatic hydroxyl groups is 1. The van der Waals surface area contributed by atoms with Crippen molar-refractivity contribution in [2.24, 2.45) is 11.1 Å². The van der Waals surface area contributed by atoms with E-state index in [1.807, 2.05) is 11.0 Å². The lowest BCUT2D eigenvalue weighted by Crippen LogP contribution is -2.45. The van der Waals surface area contributed by atoms with Crippen LogP contribution >= 0.6 is 0 Å². The Balaban J connectivity index is 1.06. The number of nitrogens with one attached hydrogen (secondary N) is 2. The van der Waals surface area contributed by atoms with Crippen LogP contribution in [0.3, 0.4) is 0 Å². The van der Waals surface area contributed by atoms with Crippen molar-refractivity contribution in [2.45, 2.75) is 50.8 Å². The number of carbonyl (C=O) groups is 2. The lowest BCUT2D eigenvalue weighted by Gasteiger charge is -2.32. The molecule has 2 fully saturated rings. The smallest absolute Gasteiger partial charge is 0.271 e. The lowest BCUT2D eigenvalue weighted by molar-refractivity contribution is -0.125. The van der Waals surface area contributed by atoms with Crippen LogP contribution < -0.4 is 10.6 Å². The summed E-state index contributed by atoms with van der Waals surface area (Å²) in [6.45, 7) is 3.56. The van der Waals surface area contributed by atoms with E-state index in [1.165, 1.54) is 24.6 Å². The number of aliphatic hydroxyl groups excluding tert-OH is 1. The highest BCUT2D eigenvalue weighted by molar-refractivity contribution is 6.40. The molecule has 3 aliphatic rings. The Kier molecular flexibility index (Phi) is 8.67. The third-order valence-corrected chi connectivity index (χ3v) is 7.58. The van der Waals surface area contributed by atoms with E-state index in [-0.39, 0.29) is 36.0 Å². The van der Waals surface area contributed by atoms with Gasteiger partial charge in [0.25, 0.3) is 11.8 Å². The standard InChI is InChI=1S/C28H37N7O4/c1-39-33-26(20-6-7-20)28(38)35-12-9-22(10-13-35)32-25-14-24(30-18-31-25)27(37)29-15-23(36)17-34-11-8-19-4-2-3-5-21(19)16-34/h2-5,14,18,20,22-23,36H,6-13,15-17H2,1H3,(H,29,37)(H,30,31,32)/b33-26-. The summed E-state index contributed by atoms with van der Waals surface area (Å²) in [6.07, 6.45) is 5.14. The summed E-state index contributed by atoms with van der Waals surface area (Å²) in [6, 6.07) is 10.1. The van der Waals surface area contributed by atoms with Gasteiger partial charge in [0, 0.05) is 57.3 Å². The number of oxime groups is 1. The van der Waals surface area contributed by atoms with Crippen LogP contribution in [0, 0.1) is 5.92 Å². The number of piperidine rings is 1. The van der Waals surface area contributed by atoms with Crippen LogP contribution in [0.15, 0.2) is 41.8 Å². The van der Waals surface area contributed by atoms with Crippen molar-refractivity contribution in [1.29, 1.82) is 0 Å². The highest BCUT2D eigenvalue weighted by Crippen LogP contribution is 2.32. The third kappa shape index (κ3) is 7.10. The van der Waals surface area contributed by atoms with E-state index in [0.717, 1.165) is 45.2 Å². The van der Waals surface area contributed by atoms with Crippen LogP contribution in [-0.4, -0.2) is 94.4 Å². The molecule has 1 aromatic heterocycles. The Labute approximate surface area is 228 Å². The average molecular weight is 536 g/mol. The highest BCUT2D eigenvalue weighted by atomic mass is 16.6. The molecule has 0 spiro atoms. The van der Waals surface area contributed by atoms with Crippen molar-refractivity contribution in [3.63, 3.8) is 0 Å². The van der Waals surface area contributed by atoms with Gasteiger partial charge in [-0.2, -0.15) is 0 Å².